The molecule has 0 unspecified atom stereocenters. The normalized spacial score (nSPS) is 14.5. The van der Waals surface area contributed by atoms with Crippen molar-refractivity contribution < 1.29 is 14.3 Å². The summed E-state index contributed by atoms with van der Waals surface area (Å²) in [6.07, 6.45) is 1.96. The third-order valence-electron chi connectivity index (χ3n) is 4.06. The van der Waals surface area contributed by atoms with E-state index in [9.17, 15) is 14.9 Å². The number of carbonyl (C=O) groups is 2. The number of carbonyl (C=O) groups excluding carboxylic acids is 2. The van der Waals surface area contributed by atoms with Gasteiger partial charge in [-0.25, -0.2) is 4.79 Å². The van der Waals surface area contributed by atoms with E-state index in [4.69, 9.17) is 4.74 Å². The van der Waals surface area contributed by atoms with Crippen molar-refractivity contribution in [2.24, 2.45) is 0 Å². The number of nitriles is 1. The fraction of sp³-hybridized carbons (Fsp3) is 0.421. The fourth-order valence-electron chi connectivity index (χ4n) is 2.63. The maximum atomic E-state index is 12.2. The lowest BCUT2D eigenvalue weighted by Crippen LogP contribution is -2.47. The number of hydrogen-bond acceptors (Lipinski definition) is 5. The Kier molecular flexibility index (Phi) is 7.49. The SMILES string of the molecule is CCOC(=O)N1CCN(/C=C(/C#N)C(=O)NCCc2ccccc2)CC1. The van der Waals surface area contributed by atoms with Gasteiger partial charge in [0.25, 0.3) is 5.91 Å². The lowest BCUT2D eigenvalue weighted by molar-refractivity contribution is -0.117. The standard InChI is InChI=1S/C19H24N4O3/c1-2-26-19(25)23-12-10-22(11-13-23)15-17(14-20)18(24)21-9-8-16-6-4-3-5-7-16/h3-7,15H,2,8-13H2,1H3,(H,21,24)/b17-15-. The number of rotatable bonds is 6. The Labute approximate surface area is 153 Å². The first-order valence-electron chi connectivity index (χ1n) is 8.73. The van der Waals surface area contributed by atoms with E-state index >= 15 is 0 Å². The molecule has 0 atom stereocenters. The van der Waals surface area contributed by atoms with Gasteiger partial charge in [0.2, 0.25) is 0 Å². The largest absolute Gasteiger partial charge is 0.450 e. The number of nitrogens with one attached hydrogen (secondary N) is 1. The van der Waals surface area contributed by atoms with Crippen molar-refractivity contribution in [3.63, 3.8) is 0 Å². The molecule has 2 rings (SSSR count). The zero-order chi connectivity index (χ0) is 18.8. The molecule has 0 spiro atoms. The third kappa shape index (κ3) is 5.81. The van der Waals surface area contributed by atoms with Crippen LogP contribution < -0.4 is 5.32 Å². The summed E-state index contributed by atoms with van der Waals surface area (Å²) >= 11 is 0. The molecule has 7 nitrogen and oxygen atoms in total. The molecule has 1 aliphatic rings. The minimum absolute atomic E-state index is 0.0719. The van der Waals surface area contributed by atoms with Gasteiger partial charge >= 0.3 is 6.09 Å². The van der Waals surface area contributed by atoms with Crippen LogP contribution in [0.5, 0.6) is 0 Å². The third-order valence-corrected chi connectivity index (χ3v) is 4.06. The Bertz CT molecular complexity index is 674. The van der Waals surface area contributed by atoms with Gasteiger partial charge in [-0.1, -0.05) is 30.3 Å². The molecule has 0 aromatic heterocycles. The summed E-state index contributed by atoms with van der Waals surface area (Å²) in [5.41, 5.74) is 1.20. The summed E-state index contributed by atoms with van der Waals surface area (Å²) < 4.78 is 4.97. The first-order chi connectivity index (χ1) is 12.6. The zero-order valence-electron chi connectivity index (χ0n) is 15.0. The smallest absolute Gasteiger partial charge is 0.409 e. The first kappa shape index (κ1) is 19.3. The maximum Gasteiger partial charge on any atom is 0.409 e. The highest BCUT2D eigenvalue weighted by molar-refractivity contribution is 5.97. The predicted octanol–water partition coefficient (Wildman–Crippen LogP) is 1.53. The summed E-state index contributed by atoms with van der Waals surface area (Å²) in [4.78, 5) is 27.4. The van der Waals surface area contributed by atoms with E-state index in [1.807, 2.05) is 41.3 Å². The van der Waals surface area contributed by atoms with Gasteiger partial charge in [-0.15, -0.1) is 0 Å². The molecule has 0 bridgehead atoms. The molecule has 2 amide bonds. The average molecular weight is 356 g/mol. The van der Waals surface area contributed by atoms with Gasteiger partial charge in [-0.05, 0) is 18.9 Å². The van der Waals surface area contributed by atoms with Crippen LogP contribution in [0, 0.1) is 11.3 Å². The van der Waals surface area contributed by atoms with E-state index < -0.39 is 0 Å². The van der Waals surface area contributed by atoms with Gasteiger partial charge < -0.3 is 19.9 Å². The fourth-order valence-corrected chi connectivity index (χ4v) is 2.63. The Morgan fingerprint density at radius 2 is 1.92 bits per heavy atom. The van der Waals surface area contributed by atoms with E-state index in [-0.39, 0.29) is 17.6 Å². The number of amides is 2. The highest BCUT2D eigenvalue weighted by Crippen LogP contribution is 2.07. The van der Waals surface area contributed by atoms with Crippen molar-refractivity contribution >= 4 is 12.0 Å². The van der Waals surface area contributed by atoms with Crippen LogP contribution in [-0.2, 0) is 16.0 Å². The van der Waals surface area contributed by atoms with Gasteiger partial charge in [-0.3, -0.25) is 4.79 Å². The van der Waals surface area contributed by atoms with Gasteiger partial charge in [-0.2, -0.15) is 5.26 Å². The summed E-state index contributed by atoms with van der Waals surface area (Å²) in [6.45, 7) is 4.71. The van der Waals surface area contributed by atoms with Crippen LogP contribution in [0.4, 0.5) is 4.79 Å². The highest BCUT2D eigenvalue weighted by atomic mass is 16.6. The second-order valence-corrected chi connectivity index (χ2v) is 5.87. The lowest BCUT2D eigenvalue weighted by atomic mass is 10.1. The van der Waals surface area contributed by atoms with E-state index in [1.54, 1.807) is 18.0 Å². The van der Waals surface area contributed by atoms with Gasteiger partial charge in [0.1, 0.15) is 11.6 Å². The molecule has 1 heterocycles. The molecule has 1 aliphatic heterocycles. The Morgan fingerprint density at radius 3 is 2.54 bits per heavy atom. The van der Waals surface area contributed by atoms with E-state index in [0.29, 0.717) is 45.8 Å². The Balaban J connectivity index is 1.81. The molecule has 26 heavy (non-hydrogen) atoms. The molecule has 1 aromatic rings. The zero-order valence-corrected chi connectivity index (χ0v) is 15.0. The Hall–Kier alpha value is -3.01. The van der Waals surface area contributed by atoms with E-state index in [0.717, 1.165) is 5.56 Å². The first-order valence-corrected chi connectivity index (χ1v) is 8.73. The summed E-state index contributed by atoms with van der Waals surface area (Å²) in [5.74, 6) is -0.378. The molecular weight excluding hydrogens is 332 g/mol. The van der Waals surface area contributed by atoms with Crippen LogP contribution in [0.2, 0.25) is 0 Å². The number of piperazine rings is 1. The van der Waals surface area contributed by atoms with Crippen LogP contribution in [0.1, 0.15) is 12.5 Å². The second-order valence-electron chi connectivity index (χ2n) is 5.87. The van der Waals surface area contributed by atoms with Gasteiger partial charge in [0.05, 0.1) is 6.61 Å². The minimum atomic E-state index is -0.378. The highest BCUT2D eigenvalue weighted by Gasteiger charge is 2.21. The van der Waals surface area contributed by atoms with Crippen LogP contribution in [0.15, 0.2) is 42.1 Å². The molecule has 0 radical (unpaired) electrons. The summed E-state index contributed by atoms with van der Waals surface area (Å²) in [5, 5.41) is 12.0. The molecular formula is C19H24N4O3. The van der Waals surface area contributed by atoms with Gasteiger partial charge in [0.15, 0.2) is 0 Å². The van der Waals surface area contributed by atoms with Crippen molar-refractivity contribution in [2.75, 3.05) is 39.3 Å². The Morgan fingerprint density at radius 1 is 1.23 bits per heavy atom. The van der Waals surface area contributed by atoms with E-state index in [2.05, 4.69) is 5.32 Å². The number of hydrogen-bond donors (Lipinski definition) is 1. The van der Waals surface area contributed by atoms with Crippen LogP contribution >= 0.6 is 0 Å². The maximum absolute atomic E-state index is 12.2. The molecule has 1 saturated heterocycles. The molecule has 1 N–H and O–H groups in total. The quantitative estimate of drug-likeness (QED) is 0.617. The molecule has 0 aliphatic carbocycles. The van der Waals surface area contributed by atoms with Crippen LogP contribution in [-0.4, -0.2) is 61.1 Å². The van der Waals surface area contributed by atoms with E-state index in [1.165, 1.54) is 0 Å². The van der Waals surface area contributed by atoms with Crippen molar-refractivity contribution in [1.29, 1.82) is 5.26 Å². The van der Waals surface area contributed by atoms with Crippen molar-refractivity contribution in [3.05, 3.63) is 47.7 Å². The van der Waals surface area contributed by atoms with Crippen molar-refractivity contribution in [1.82, 2.24) is 15.1 Å². The molecule has 138 valence electrons. The number of nitrogens with zero attached hydrogens (tertiary/aromatic N) is 3. The predicted molar refractivity (Wildman–Crippen MR) is 97.0 cm³/mol. The van der Waals surface area contributed by atoms with Crippen molar-refractivity contribution in [2.45, 2.75) is 13.3 Å². The number of ether oxygens (including phenoxy) is 1. The molecule has 1 fully saturated rings. The molecule has 7 heteroatoms. The van der Waals surface area contributed by atoms with Crippen molar-refractivity contribution in [3.8, 4) is 6.07 Å². The minimum Gasteiger partial charge on any atom is -0.450 e. The topological polar surface area (TPSA) is 85.7 Å². The van der Waals surface area contributed by atoms with Crippen LogP contribution in [0.3, 0.4) is 0 Å². The second kappa shape index (κ2) is 10.1. The summed E-state index contributed by atoms with van der Waals surface area (Å²) in [6, 6.07) is 11.8. The lowest BCUT2D eigenvalue weighted by Gasteiger charge is -2.33. The molecule has 0 saturated carbocycles. The average Bonchev–Trinajstić information content (AvgIpc) is 2.67. The monoisotopic (exact) mass is 356 g/mol. The summed E-state index contributed by atoms with van der Waals surface area (Å²) in [7, 11) is 0. The van der Waals surface area contributed by atoms with Crippen LogP contribution in [0.25, 0.3) is 0 Å². The molecule has 1 aromatic carbocycles. The number of benzene rings is 1. The van der Waals surface area contributed by atoms with Gasteiger partial charge in [0, 0.05) is 38.9 Å².